The number of rotatable bonds is 16. The highest BCUT2D eigenvalue weighted by Crippen LogP contribution is 2.11. The number of hydrogen-bond donors (Lipinski definition) is 1. The van der Waals surface area contributed by atoms with Crippen molar-refractivity contribution in [1.82, 2.24) is 0 Å². The Bertz CT molecular complexity index is 413. The molecule has 0 saturated carbocycles. The molecule has 0 aromatic rings. The van der Waals surface area contributed by atoms with Gasteiger partial charge < -0.3 is 14.3 Å². The average molecular weight is 371 g/mol. The molecule has 0 radical (unpaired) electrons. The third kappa shape index (κ3) is 17.5. The number of aliphatic carboxylic acids is 1. The lowest BCUT2D eigenvalue weighted by atomic mass is 10.1. The van der Waals surface area contributed by atoms with Crippen LogP contribution in [0.4, 0.5) is 0 Å². The van der Waals surface area contributed by atoms with Gasteiger partial charge in [-0.25, -0.2) is 4.79 Å². The van der Waals surface area contributed by atoms with Gasteiger partial charge in [0.2, 0.25) is 0 Å². The summed E-state index contributed by atoms with van der Waals surface area (Å²) in [5.41, 5.74) is 0. The van der Waals surface area contributed by atoms with Gasteiger partial charge in [0.1, 0.15) is 6.54 Å². The number of esters is 1. The van der Waals surface area contributed by atoms with Crippen LogP contribution in [0.25, 0.3) is 0 Å². The molecule has 0 aliphatic carbocycles. The topological polar surface area (TPSA) is 63.6 Å². The summed E-state index contributed by atoms with van der Waals surface area (Å²) in [4.78, 5) is 22.8. The van der Waals surface area contributed by atoms with E-state index in [1.807, 2.05) is 27.2 Å². The zero-order chi connectivity index (χ0) is 19.8. The van der Waals surface area contributed by atoms with Gasteiger partial charge in [0.25, 0.3) is 0 Å². The molecule has 5 heteroatoms. The molecule has 0 aromatic carbocycles. The summed E-state index contributed by atoms with van der Waals surface area (Å²) >= 11 is 0. The molecule has 152 valence electrons. The van der Waals surface area contributed by atoms with Crippen LogP contribution in [0.2, 0.25) is 0 Å². The van der Waals surface area contributed by atoms with Crippen molar-refractivity contribution in [2.45, 2.75) is 83.7 Å². The molecule has 1 unspecified atom stereocenters. The highest BCUT2D eigenvalue weighted by Gasteiger charge is 2.23. The van der Waals surface area contributed by atoms with E-state index < -0.39 is 18.0 Å². The molecule has 5 nitrogen and oxygen atoms in total. The van der Waals surface area contributed by atoms with Crippen LogP contribution in [0.1, 0.15) is 77.6 Å². The number of likely N-dealkylation sites (N-methyl/N-ethyl adjacent to an activating group) is 1. The molecule has 0 saturated heterocycles. The summed E-state index contributed by atoms with van der Waals surface area (Å²) in [6, 6.07) is 0. The lowest BCUT2D eigenvalue weighted by molar-refractivity contribution is -0.873. The summed E-state index contributed by atoms with van der Waals surface area (Å²) in [7, 11) is 5.84. The molecule has 0 aromatic heterocycles. The van der Waals surface area contributed by atoms with Crippen molar-refractivity contribution in [3.63, 3.8) is 0 Å². The molecular weight excluding hydrogens is 330 g/mol. The first-order valence-electron chi connectivity index (χ1n) is 10.1. The molecule has 0 aliphatic rings. The highest BCUT2D eigenvalue weighted by molar-refractivity contribution is 5.82. The number of ether oxygens (including phenoxy) is 1. The molecule has 0 heterocycles. The molecule has 1 N–H and O–H groups in total. The number of carbonyl (C=O) groups is 2. The fraction of sp³-hybridized carbons (Fsp3) is 0.810. The van der Waals surface area contributed by atoms with Crippen LogP contribution < -0.4 is 0 Å². The van der Waals surface area contributed by atoms with Crippen molar-refractivity contribution >= 4 is 11.9 Å². The maximum absolute atomic E-state index is 11.9. The van der Waals surface area contributed by atoms with E-state index in [1.165, 1.54) is 57.4 Å². The number of carbonyl (C=O) groups excluding carboxylic acids is 1. The van der Waals surface area contributed by atoms with Gasteiger partial charge in [-0.3, -0.25) is 4.79 Å². The van der Waals surface area contributed by atoms with Crippen LogP contribution >= 0.6 is 0 Å². The Morgan fingerprint density at radius 2 is 1.50 bits per heavy atom. The fourth-order valence-electron chi connectivity index (χ4n) is 2.91. The Morgan fingerprint density at radius 1 is 0.962 bits per heavy atom. The zero-order valence-corrected chi connectivity index (χ0v) is 17.3. The molecule has 0 spiro atoms. The summed E-state index contributed by atoms with van der Waals surface area (Å²) in [6.45, 7) is 2.71. The predicted molar refractivity (Wildman–Crippen MR) is 106 cm³/mol. The zero-order valence-electron chi connectivity index (χ0n) is 17.3. The normalized spacial score (nSPS) is 13.1. The first kappa shape index (κ1) is 24.6. The van der Waals surface area contributed by atoms with E-state index >= 15 is 0 Å². The van der Waals surface area contributed by atoms with Crippen molar-refractivity contribution in [1.29, 1.82) is 0 Å². The van der Waals surface area contributed by atoms with E-state index in [0.717, 1.165) is 12.8 Å². The minimum atomic E-state index is -0.949. The Balaban J connectivity index is 3.87. The Morgan fingerprint density at radius 3 is 2.00 bits per heavy atom. The average Bonchev–Trinajstić information content (AvgIpc) is 2.50. The smallest absolute Gasteiger partial charge is 0.330 e. The van der Waals surface area contributed by atoms with Gasteiger partial charge in [-0.1, -0.05) is 64.4 Å². The second-order valence-electron chi connectivity index (χ2n) is 8.15. The minimum Gasteiger partial charge on any atom is -0.481 e. The van der Waals surface area contributed by atoms with Gasteiger partial charge in [-0.2, -0.15) is 0 Å². The molecule has 0 rings (SSSR count). The van der Waals surface area contributed by atoms with Crippen LogP contribution in [0.5, 0.6) is 0 Å². The van der Waals surface area contributed by atoms with E-state index in [0.29, 0.717) is 11.0 Å². The van der Waals surface area contributed by atoms with Crippen molar-refractivity contribution in [3.8, 4) is 0 Å². The highest BCUT2D eigenvalue weighted by atomic mass is 16.5. The maximum Gasteiger partial charge on any atom is 0.330 e. The van der Waals surface area contributed by atoms with E-state index in [4.69, 9.17) is 9.84 Å². The third-order valence-corrected chi connectivity index (χ3v) is 4.16. The second kappa shape index (κ2) is 14.8. The summed E-state index contributed by atoms with van der Waals surface area (Å²) < 4.78 is 5.86. The third-order valence-electron chi connectivity index (χ3n) is 4.16. The van der Waals surface area contributed by atoms with Crippen molar-refractivity contribution in [2.75, 3.05) is 27.7 Å². The number of unbranched alkanes of at least 4 members (excludes halogenated alkanes) is 9. The molecule has 0 bridgehead atoms. The number of nitrogens with zero attached hydrogens (tertiary/aromatic N) is 1. The molecule has 0 fully saturated rings. The first-order chi connectivity index (χ1) is 12.2. The summed E-state index contributed by atoms with van der Waals surface area (Å²) in [5.74, 6) is -1.39. The number of quaternary nitrogens is 1. The van der Waals surface area contributed by atoms with E-state index in [1.54, 1.807) is 0 Å². The monoisotopic (exact) mass is 370 g/mol. The quantitative estimate of drug-likeness (QED) is 0.187. The number of carboxylic acid groups (broad SMARTS) is 1. The number of allylic oxidation sites excluding steroid dienone is 1. The number of carboxylic acids is 1. The SMILES string of the molecule is CCCCCCCCCCC/C=C/C(=O)OC(CC(=O)O)C[N+](C)(C)C. The Labute approximate surface area is 160 Å². The fourth-order valence-corrected chi connectivity index (χ4v) is 2.91. The Hall–Kier alpha value is -1.36. The molecular formula is C21H40NO4+. The van der Waals surface area contributed by atoms with Crippen LogP contribution in [0.15, 0.2) is 12.2 Å². The van der Waals surface area contributed by atoms with Crippen LogP contribution in [-0.4, -0.2) is 55.3 Å². The predicted octanol–water partition coefficient (Wildman–Crippen LogP) is 4.56. The van der Waals surface area contributed by atoms with E-state index in [2.05, 4.69) is 6.92 Å². The number of hydrogen-bond acceptors (Lipinski definition) is 3. The first-order valence-corrected chi connectivity index (χ1v) is 10.1. The summed E-state index contributed by atoms with van der Waals surface area (Å²) in [6.07, 6.45) is 14.9. The van der Waals surface area contributed by atoms with Gasteiger partial charge in [0, 0.05) is 6.08 Å². The van der Waals surface area contributed by atoms with Crippen molar-refractivity contribution in [2.24, 2.45) is 0 Å². The van der Waals surface area contributed by atoms with Crippen molar-refractivity contribution < 1.29 is 23.9 Å². The molecule has 1 atom stereocenters. The van der Waals surface area contributed by atoms with Gasteiger partial charge in [0.15, 0.2) is 6.10 Å². The molecule has 26 heavy (non-hydrogen) atoms. The van der Waals surface area contributed by atoms with Crippen LogP contribution in [0.3, 0.4) is 0 Å². The standard InChI is InChI=1S/C21H39NO4/c1-5-6-7-8-9-10-11-12-13-14-15-16-21(25)26-19(17-20(23)24)18-22(2,3)4/h15-16,19H,5-14,17-18H2,1-4H3/p+1/b16-15+. The molecule has 0 aliphatic heterocycles. The van der Waals surface area contributed by atoms with Gasteiger partial charge in [0.05, 0.1) is 27.6 Å². The van der Waals surface area contributed by atoms with Crippen LogP contribution in [-0.2, 0) is 14.3 Å². The van der Waals surface area contributed by atoms with Crippen molar-refractivity contribution in [3.05, 3.63) is 12.2 Å². The lowest BCUT2D eigenvalue weighted by Gasteiger charge is -2.28. The van der Waals surface area contributed by atoms with Crippen LogP contribution in [0, 0.1) is 0 Å². The van der Waals surface area contributed by atoms with Gasteiger partial charge in [-0.15, -0.1) is 0 Å². The Kier molecular flexibility index (Phi) is 14.0. The molecule has 0 amide bonds. The van der Waals surface area contributed by atoms with E-state index in [9.17, 15) is 9.59 Å². The largest absolute Gasteiger partial charge is 0.481 e. The maximum atomic E-state index is 11.9. The second-order valence-corrected chi connectivity index (χ2v) is 8.15. The van der Waals surface area contributed by atoms with Gasteiger partial charge in [-0.05, 0) is 12.8 Å². The lowest BCUT2D eigenvalue weighted by Crippen LogP contribution is -2.43. The minimum absolute atomic E-state index is 0.159. The summed E-state index contributed by atoms with van der Waals surface area (Å²) in [5, 5.41) is 8.95. The van der Waals surface area contributed by atoms with Gasteiger partial charge >= 0.3 is 11.9 Å². The van der Waals surface area contributed by atoms with E-state index in [-0.39, 0.29) is 6.42 Å².